The van der Waals surface area contributed by atoms with Gasteiger partial charge in [0.15, 0.2) is 0 Å². The summed E-state index contributed by atoms with van der Waals surface area (Å²) >= 11 is 0. The molecule has 3 N–H and O–H groups in total. The Morgan fingerprint density at radius 3 is 2.25 bits per heavy atom. The summed E-state index contributed by atoms with van der Waals surface area (Å²) in [5.74, 6) is 0.979. The van der Waals surface area contributed by atoms with Crippen molar-refractivity contribution in [1.82, 2.24) is 0 Å². The van der Waals surface area contributed by atoms with Gasteiger partial charge in [-0.2, -0.15) is 0 Å². The van der Waals surface area contributed by atoms with E-state index in [-0.39, 0.29) is 5.84 Å². The maximum Gasteiger partial charge on any atom is 0.122 e. The zero-order valence-corrected chi connectivity index (χ0v) is 12.2. The van der Waals surface area contributed by atoms with Crippen LogP contribution in [0.1, 0.15) is 27.8 Å². The molecular weight excluding hydrogens is 248 g/mol. The lowest BCUT2D eigenvalue weighted by molar-refractivity contribution is 0.305. The maximum absolute atomic E-state index is 7.43. The summed E-state index contributed by atoms with van der Waals surface area (Å²) in [5, 5.41) is 7.43. The van der Waals surface area contributed by atoms with Crippen LogP contribution in [0.4, 0.5) is 0 Å². The van der Waals surface area contributed by atoms with E-state index in [2.05, 4.69) is 19.9 Å². The van der Waals surface area contributed by atoms with E-state index in [1.807, 2.05) is 37.3 Å². The minimum Gasteiger partial charge on any atom is -0.489 e. The molecule has 2 aromatic rings. The van der Waals surface area contributed by atoms with Crippen molar-refractivity contribution in [3.8, 4) is 5.75 Å². The number of ether oxygens (including phenoxy) is 1. The molecule has 0 aliphatic heterocycles. The summed E-state index contributed by atoms with van der Waals surface area (Å²) in [7, 11) is 0. The number of nitrogens with one attached hydrogen (secondary N) is 1. The molecule has 0 saturated carbocycles. The van der Waals surface area contributed by atoms with Gasteiger partial charge in [-0.1, -0.05) is 18.2 Å². The summed E-state index contributed by atoms with van der Waals surface area (Å²) < 4.78 is 5.85. The first kappa shape index (κ1) is 14.1. The van der Waals surface area contributed by atoms with Crippen LogP contribution in [0.25, 0.3) is 0 Å². The molecule has 0 aromatic heterocycles. The topological polar surface area (TPSA) is 59.1 Å². The number of nitrogen functional groups attached to an aromatic ring is 1. The Morgan fingerprint density at radius 1 is 1.05 bits per heavy atom. The van der Waals surface area contributed by atoms with Gasteiger partial charge in [-0.3, -0.25) is 5.41 Å². The van der Waals surface area contributed by atoms with Crippen LogP contribution < -0.4 is 10.5 Å². The molecule has 3 nitrogen and oxygen atoms in total. The Morgan fingerprint density at radius 2 is 1.70 bits per heavy atom. The molecule has 2 rings (SSSR count). The Balaban J connectivity index is 2.12. The van der Waals surface area contributed by atoms with Crippen LogP contribution in [0, 0.1) is 26.2 Å². The number of nitrogens with two attached hydrogens (primary N) is 1. The van der Waals surface area contributed by atoms with Crippen LogP contribution in [-0.4, -0.2) is 5.84 Å². The molecule has 0 radical (unpaired) electrons. The van der Waals surface area contributed by atoms with Crippen molar-refractivity contribution in [1.29, 1.82) is 5.41 Å². The van der Waals surface area contributed by atoms with Crippen molar-refractivity contribution in [2.24, 2.45) is 5.73 Å². The number of amidine groups is 1. The van der Waals surface area contributed by atoms with Gasteiger partial charge in [0.2, 0.25) is 0 Å². The van der Waals surface area contributed by atoms with Crippen LogP contribution in [-0.2, 0) is 6.61 Å². The second-order valence-electron chi connectivity index (χ2n) is 5.17. The molecular formula is C17H20N2O. The Hall–Kier alpha value is -2.29. The van der Waals surface area contributed by atoms with Crippen molar-refractivity contribution in [3.05, 3.63) is 64.2 Å². The largest absolute Gasteiger partial charge is 0.489 e. The monoisotopic (exact) mass is 268 g/mol. The molecule has 0 heterocycles. The van der Waals surface area contributed by atoms with Crippen LogP contribution in [0.15, 0.2) is 36.4 Å². The lowest BCUT2D eigenvalue weighted by Gasteiger charge is -2.11. The fraction of sp³-hybridized carbons (Fsp3) is 0.235. The third kappa shape index (κ3) is 3.38. The molecule has 0 bridgehead atoms. The van der Waals surface area contributed by atoms with Crippen molar-refractivity contribution in [3.63, 3.8) is 0 Å². The fourth-order valence-corrected chi connectivity index (χ4v) is 2.20. The van der Waals surface area contributed by atoms with Crippen molar-refractivity contribution < 1.29 is 4.74 Å². The Labute approximate surface area is 119 Å². The van der Waals surface area contributed by atoms with Crippen LogP contribution in [0.3, 0.4) is 0 Å². The highest BCUT2D eigenvalue weighted by Gasteiger charge is 2.04. The van der Waals surface area contributed by atoms with Crippen molar-refractivity contribution in [2.45, 2.75) is 27.4 Å². The van der Waals surface area contributed by atoms with E-state index in [9.17, 15) is 0 Å². The summed E-state index contributed by atoms with van der Waals surface area (Å²) in [6, 6.07) is 11.9. The standard InChI is InChI=1S/C17H20N2O/c1-11-6-12(2)8-16(7-11)20-10-15-5-4-14(17(18)19)9-13(15)3/h4-9H,10H2,1-3H3,(H3,18,19). The van der Waals surface area contributed by atoms with Crippen molar-refractivity contribution in [2.75, 3.05) is 0 Å². The van der Waals surface area contributed by atoms with Gasteiger partial charge in [0, 0.05) is 5.56 Å². The smallest absolute Gasteiger partial charge is 0.122 e. The lowest BCUT2D eigenvalue weighted by Crippen LogP contribution is -2.11. The molecule has 0 aliphatic rings. The summed E-state index contributed by atoms with van der Waals surface area (Å²) in [4.78, 5) is 0. The number of hydrogen-bond donors (Lipinski definition) is 2. The van der Waals surface area contributed by atoms with Gasteiger partial charge in [-0.15, -0.1) is 0 Å². The van der Waals surface area contributed by atoms with E-state index < -0.39 is 0 Å². The number of aryl methyl sites for hydroxylation is 3. The predicted molar refractivity (Wildman–Crippen MR) is 82.4 cm³/mol. The van der Waals surface area contributed by atoms with E-state index in [1.165, 1.54) is 11.1 Å². The first-order valence-electron chi connectivity index (χ1n) is 6.61. The third-order valence-electron chi connectivity index (χ3n) is 3.24. The number of hydrogen-bond acceptors (Lipinski definition) is 2. The van der Waals surface area contributed by atoms with E-state index >= 15 is 0 Å². The summed E-state index contributed by atoms with van der Waals surface area (Å²) in [6.07, 6.45) is 0. The predicted octanol–water partition coefficient (Wildman–Crippen LogP) is 3.47. The summed E-state index contributed by atoms with van der Waals surface area (Å²) in [5.41, 5.74) is 10.8. The molecule has 2 aromatic carbocycles. The zero-order valence-electron chi connectivity index (χ0n) is 12.2. The Bertz CT molecular complexity index is 627. The van der Waals surface area contributed by atoms with Gasteiger partial charge in [-0.25, -0.2) is 0 Å². The summed E-state index contributed by atoms with van der Waals surface area (Å²) in [6.45, 7) is 6.65. The van der Waals surface area contributed by atoms with Gasteiger partial charge in [0.1, 0.15) is 18.2 Å². The molecule has 0 saturated heterocycles. The van der Waals surface area contributed by atoms with E-state index in [4.69, 9.17) is 15.9 Å². The molecule has 0 spiro atoms. The van der Waals surface area contributed by atoms with E-state index in [0.717, 1.165) is 22.4 Å². The van der Waals surface area contributed by atoms with Crippen molar-refractivity contribution >= 4 is 5.84 Å². The molecule has 0 atom stereocenters. The molecule has 0 fully saturated rings. The molecule has 0 amide bonds. The van der Waals surface area contributed by atoms with Gasteiger partial charge in [0.25, 0.3) is 0 Å². The first-order chi connectivity index (χ1) is 9.45. The second-order valence-corrected chi connectivity index (χ2v) is 5.17. The molecule has 3 heteroatoms. The average molecular weight is 268 g/mol. The highest BCUT2D eigenvalue weighted by Crippen LogP contribution is 2.19. The third-order valence-corrected chi connectivity index (χ3v) is 3.24. The SMILES string of the molecule is Cc1cc(C)cc(OCc2ccc(C(=N)N)cc2C)c1. The lowest BCUT2D eigenvalue weighted by atomic mass is 10.1. The fourth-order valence-electron chi connectivity index (χ4n) is 2.20. The van der Waals surface area contributed by atoms with Crippen LogP contribution in [0.2, 0.25) is 0 Å². The van der Waals surface area contributed by atoms with Gasteiger partial charge in [-0.05, 0) is 61.2 Å². The van der Waals surface area contributed by atoms with Gasteiger partial charge < -0.3 is 10.5 Å². The molecule has 20 heavy (non-hydrogen) atoms. The number of benzene rings is 2. The van der Waals surface area contributed by atoms with E-state index in [0.29, 0.717) is 6.61 Å². The molecule has 0 unspecified atom stereocenters. The van der Waals surface area contributed by atoms with Gasteiger partial charge >= 0.3 is 0 Å². The Kier molecular flexibility index (Phi) is 4.08. The van der Waals surface area contributed by atoms with Crippen LogP contribution >= 0.6 is 0 Å². The molecule has 0 aliphatic carbocycles. The highest BCUT2D eigenvalue weighted by molar-refractivity contribution is 5.95. The van der Waals surface area contributed by atoms with Gasteiger partial charge in [0.05, 0.1) is 0 Å². The highest BCUT2D eigenvalue weighted by atomic mass is 16.5. The van der Waals surface area contributed by atoms with Crippen LogP contribution in [0.5, 0.6) is 5.75 Å². The van der Waals surface area contributed by atoms with E-state index in [1.54, 1.807) is 0 Å². The second kappa shape index (κ2) is 5.78. The quantitative estimate of drug-likeness (QED) is 0.659. The maximum atomic E-state index is 7.43. The average Bonchev–Trinajstić information content (AvgIpc) is 2.36. The zero-order chi connectivity index (χ0) is 14.7. The number of rotatable bonds is 4. The first-order valence-corrected chi connectivity index (χ1v) is 6.61. The minimum atomic E-state index is 0.0925. The normalized spacial score (nSPS) is 10.3. The minimum absolute atomic E-state index is 0.0925. The molecule has 104 valence electrons.